The van der Waals surface area contributed by atoms with E-state index in [0.717, 1.165) is 44.3 Å². The number of rotatable bonds is 9. The lowest BCUT2D eigenvalue weighted by Gasteiger charge is -2.23. The predicted octanol–water partition coefficient (Wildman–Crippen LogP) is 4.39. The van der Waals surface area contributed by atoms with Crippen molar-refractivity contribution in [3.05, 3.63) is 35.4 Å². The van der Waals surface area contributed by atoms with Crippen LogP contribution in [0.3, 0.4) is 0 Å². The molecule has 1 N–H and O–H groups in total. The fraction of sp³-hybridized carbons (Fsp3) is 0.619. The van der Waals surface area contributed by atoms with Crippen molar-refractivity contribution in [1.29, 1.82) is 0 Å². The smallest absolute Gasteiger partial charge is 0.253 e. The van der Waals surface area contributed by atoms with Crippen LogP contribution in [0.4, 0.5) is 0 Å². The molecule has 2 amide bonds. The van der Waals surface area contributed by atoms with E-state index >= 15 is 0 Å². The van der Waals surface area contributed by atoms with Crippen molar-refractivity contribution in [3.8, 4) is 0 Å². The number of nitrogens with zero attached hydrogens (tertiary/aromatic N) is 1. The molecule has 0 atom stereocenters. The van der Waals surface area contributed by atoms with E-state index in [9.17, 15) is 9.59 Å². The van der Waals surface area contributed by atoms with Crippen LogP contribution in [0.5, 0.6) is 0 Å². The van der Waals surface area contributed by atoms with Crippen LogP contribution in [0.15, 0.2) is 24.3 Å². The average molecular weight is 347 g/mol. The molecule has 0 heterocycles. The molecule has 0 fully saturated rings. The first-order valence-corrected chi connectivity index (χ1v) is 9.46. The number of hydrogen-bond donors (Lipinski definition) is 1. The highest BCUT2D eigenvalue weighted by atomic mass is 16.2. The van der Waals surface area contributed by atoms with Crippen LogP contribution in [0.1, 0.15) is 76.2 Å². The van der Waals surface area contributed by atoms with E-state index in [-0.39, 0.29) is 11.8 Å². The van der Waals surface area contributed by atoms with Crippen molar-refractivity contribution in [2.24, 2.45) is 5.41 Å². The Hall–Kier alpha value is -1.84. The molecule has 1 aromatic carbocycles. The fourth-order valence-corrected chi connectivity index (χ4v) is 2.46. The van der Waals surface area contributed by atoms with Crippen molar-refractivity contribution in [2.75, 3.05) is 13.1 Å². The number of hydrogen-bond acceptors (Lipinski definition) is 2. The van der Waals surface area contributed by atoms with Gasteiger partial charge in [-0.2, -0.15) is 0 Å². The van der Waals surface area contributed by atoms with E-state index < -0.39 is 5.41 Å². The van der Waals surface area contributed by atoms with Gasteiger partial charge < -0.3 is 10.2 Å². The van der Waals surface area contributed by atoms with Crippen LogP contribution in [-0.2, 0) is 11.3 Å². The summed E-state index contributed by atoms with van der Waals surface area (Å²) in [6, 6.07) is 7.60. The Morgan fingerprint density at radius 2 is 1.64 bits per heavy atom. The van der Waals surface area contributed by atoms with Crippen LogP contribution in [0.2, 0.25) is 0 Å². The zero-order valence-electron chi connectivity index (χ0n) is 16.5. The first-order valence-electron chi connectivity index (χ1n) is 9.46. The summed E-state index contributed by atoms with van der Waals surface area (Å²) in [5.74, 6) is 0.0997. The summed E-state index contributed by atoms with van der Waals surface area (Å²) in [7, 11) is 0. The van der Waals surface area contributed by atoms with E-state index in [1.165, 1.54) is 0 Å². The van der Waals surface area contributed by atoms with Gasteiger partial charge in [0.15, 0.2) is 0 Å². The normalized spacial score (nSPS) is 11.2. The molecule has 0 saturated carbocycles. The molecule has 25 heavy (non-hydrogen) atoms. The Morgan fingerprint density at radius 1 is 1.04 bits per heavy atom. The summed E-state index contributed by atoms with van der Waals surface area (Å²) in [5.41, 5.74) is 1.24. The third-order valence-corrected chi connectivity index (χ3v) is 4.16. The number of unbranched alkanes of at least 4 members (excludes halogenated alkanes) is 2. The molecule has 0 bridgehead atoms. The highest BCUT2D eigenvalue weighted by Gasteiger charge is 2.21. The molecule has 140 valence electrons. The van der Waals surface area contributed by atoms with Gasteiger partial charge in [0.25, 0.3) is 5.91 Å². The summed E-state index contributed by atoms with van der Waals surface area (Å²) in [6.45, 7) is 12.0. The standard InChI is InChI=1S/C21H34N2O2/c1-6-8-13-23(14-9-7-2)19(24)18-12-10-11-17(15-18)16-22-20(25)21(3,4)5/h10-12,15H,6-9,13-14,16H2,1-5H3,(H,22,25). The van der Waals surface area contributed by atoms with Gasteiger partial charge in [0, 0.05) is 30.6 Å². The Balaban J connectivity index is 2.79. The van der Waals surface area contributed by atoms with Crippen molar-refractivity contribution in [1.82, 2.24) is 10.2 Å². The van der Waals surface area contributed by atoms with Crippen molar-refractivity contribution < 1.29 is 9.59 Å². The summed E-state index contributed by atoms with van der Waals surface area (Å²) in [5, 5.41) is 2.94. The van der Waals surface area contributed by atoms with Crippen LogP contribution in [0.25, 0.3) is 0 Å². The second-order valence-corrected chi connectivity index (χ2v) is 7.63. The van der Waals surface area contributed by atoms with Gasteiger partial charge in [-0.25, -0.2) is 0 Å². The van der Waals surface area contributed by atoms with Gasteiger partial charge in [-0.1, -0.05) is 59.6 Å². The van der Waals surface area contributed by atoms with Crippen LogP contribution < -0.4 is 5.32 Å². The predicted molar refractivity (Wildman–Crippen MR) is 103 cm³/mol. The maximum atomic E-state index is 12.8. The second kappa shape index (κ2) is 10.2. The maximum Gasteiger partial charge on any atom is 0.253 e. The number of benzene rings is 1. The fourth-order valence-electron chi connectivity index (χ4n) is 2.46. The number of nitrogens with one attached hydrogen (secondary N) is 1. The van der Waals surface area contributed by atoms with E-state index in [1.807, 2.05) is 49.9 Å². The third-order valence-electron chi connectivity index (χ3n) is 4.16. The molecular weight excluding hydrogens is 312 g/mol. The van der Waals surface area contributed by atoms with Crippen molar-refractivity contribution in [2.45, 2.75) is 66.8 Å². The quantitative estimate of drug-likeness (QED) is 0.721. The monoisotopic (exact) mass is 346 g/mol. The molecule has 0 saturated heterocycles. The molecule has 4 heteroatoms. The zero-order valence-corrected chi connectivity index (χ0v) is 16.5. The zero-order chi connectivity index (χ0) is 18.9. The van der Waals surface area contributed by atoms with E-state index in [2.05, 4.69) is 19.2 Å². The molecule has 1 rings (SSSR count). The Bertz CT molecular complexity index is 553. The van der Waals surface area contributed by atoms with Gasteiger partial charge in [0.1, 0.15) is 0 Å². The summed E-state index contributed by atoms with van der Waals surface area (Å²) >= 11 is 0. The van der Waals surface area contributed by atoms with E-state index in [0.29, 0.717) is 12.1 Å². The topological polar surface area (TPSA) is 49.4 Å². The molecule has 4 nitrogen and oxygen atoms in total. The lowest BCUT2D eigenvalue weighted by atomic mass is 9.95. The summed E-state index contributed by atoms with van der Waals surface area (Å²) < 4.78 is 0. The molecule has 0 unspecified atom stereocenters. The number of carbonyl (C=O) groups excluding carboxylic acids is 2. The minimum atomic E-state index is -0.412. The highest BCUT2D eigenvalue weighted by Crippen LogP contribution is 2.14. The lowest BCUT2D eigenvalue weighted by Crippen LogP contribution is -2.34. The van der Waals surface area contributed by atoms with Crippen LogP contribution in [-0.4, -0.2) is 29.8 Å². The molecule has 0 aromatic heterocycles. The van der Waals surface area contributed by atoms with Crippen molar-refractivity contribution >= 4 is 11.8 Å². The Kier molecular flexibility index (Phi) is 8.67. The van der Waals surface area contributed by atoms with E-state index in [1.54, 1.807) is 0 Å². The highest BCUT2D eigenvalue weighted by molar-refractivity contribution is 5.94. The SMILES string of the molecule is CCCCN(CCCC)C(=O)c1cccc(CNC(=O)C(C)(C)C)c1. The largest absolute Gasteiger partial charge is 0.352 e. The maximum absolute atomic E-state index is 12.8. The molecular formula is C21H34N2O2. The first kappa shape index (κ1) is 21.2. The van der Waals surface area contributed by atoms with Gasteiger partial charge in [-0.05, 0) is 30.5 Å². The van der Waals surface area contributed by atoms with Crippen LogP contribution >= 0.6 is 0 Å². The molecule has 1 aromatic rings. The van der Waals surface area contributed by atoms with Gasteiger partial charge in [-0.15, -0.1) is 0 Å². The molecule has 0 spiro atoms. The number of amides is 2. The minimum Gasteiger partial charge on any atom is -0.352 e. The second-order valence-electron chi connectivity index (χ2n) is 7.63. The first-order chi connectivity index (χ1) is 11.8. The Labute approximate surface area is 153 Å². The number of carbonyl (C=O) groups is 2. The minimum absolute atomic E-state index is 0.0109. The average Bonchev–Trinajstić information content (AvgIpc) is 2.58. The summed E-state index contributed by atoms with van der Waals surface area (Å²) in [6.07, 6.45) is 4.21. The molecule has 0 radical (unpaired) electrons. The Morgan fingerprint density at radius 3 is 2.16 bits per heavy atom. The molecule has 0 aliphatic rings. The van der Waals surface area contributed by atoms with Gasteiger partial charge in [-0.3, -0.25) is 9.59 Å². The van der Waals surface area contributed by atoms with Crippen molar-refractivity contribution in [3.63, 3.8) is 0 Å². The van der Waals surface area contributed by atoms with Crippen LogP contribution in [0, 0.1) is 5.41 Å². The third kappa shape index (κ3) is 7.29. The molecule has 0 aliphatic heterocycles. The van der Waals surface area contributed by atoms with E-state index in [4.69, 9.17) is 0 Å². The van der Waals surface area contributed by atoms with Gasteiger partial charge in [0.05, 0.1) is 0 Å². The van der Waals surface area contributed by atoms with Gasteiger partial charge >= 0.3 is 0 Å². The van der Waals surface area contributed by atoms with Gasteiger partial charge in [0.2, 0.25) is 5.91 Å². The molecule has 0 aliphatic carbocycles. The summed E-state index contributed by atoms with van der Waals surface area (Å²) in [4.78, 5) is 26.8. The lowest BCUT2D eigenvalue weighted by molar-refractivity contribution is -0.128.